The Labute approximate surface area is 117 Å². The molecule has 0 saturated heterocycles. The molecule has 1 aromatic carbocycles. The molecule has 0 aliphatic heterocycles. The smallest absolute Gasteiger partial charge is 0.303 e. The minimum absolute atomic E-state index is 0.0902. The molecule has 0 bridgehead atoms. The van der Waals surface area contributed by atoms with Gasteiger partial charge < -0.3 is 5.11 Å². The predicted octanol–water partition coefficient (Wildman–Crippen LogP) is 2.19. The maximum absolute atomic E-state index is 11.7. The summed E-state index contributed by atoms with van der Waals surface area (Å²) in [6.07, 6.45) is -0.0701. The van der Waals surface area contributed by atoms with Crippen molar-refractivity contribution in [1.29, 1.82) is 0 Å². The minimum atomic E-state index is -3.49. The van der Waals surface area contributed by atoms with Crippen molar-refractivity contribution in [3.63, 3.8) is 0 Å². The summed E-state index contributed by atoms with van der Waals surface area (Å²) in [7, 11) is -3.49. The highest BCUT2D eigenvalue weighted by Gasteiger charge is 2.16. The zero-order chi connectivity index (χ0) is 14.5. The molecule has 7 heteroatoms. The molecule has 0 fully saturated rings. The molecular weight excluding hydrogens is 290 g/mol. The Morgan fingerprint density at radius 3 is 2.74 bits per heavy atom. The molecule has 1 aromatic rings. The number of carboxylic acid groups (broad SMARTS) is 1. The second-order valence-electron chi connectivity index (χ2n) is 4.21. The molecule has 0 amide bonds. The van der Waals surface area contributed by atoms with Crippen LogP contribution in [0.2, 0.25) is 5.02 Å². The predicted molar refractivity (Wildman–Crippen MR) is 73.7 cm³/mol. The number of sulfonamides is 1. The second kappa shape index (κ2) is 6.88. The lowest BCUT2D eigenvalue weighted by atomic mass is 10.1. The SMILES string of the molecule is CC(NS(=O)(=O)CCCC(=O)O)c1cccc(Cl)c1. The molecule has 2 N–H and O–H groups in total. The maximum atomic E-state index is 11.7. The second-order valence-corrected chi connectivity index (χ2v) is 6.52. The fourth-order valence-electron chi connectivity index (χ4n) is 1.59. The van der Waals surface area contributed by atoms with Gasteiger partial charge in [-0.25, -0.2) is 13.1 Å². The lowest BCUT2D eigenvalue weighted by molar-refractivity contribution is -0.137. The highest BCUT2D eigenvalue weighted by atomic mass is 35.5. The zero-order valence-corrected chi connectivity index (χ0v) is 12.0. The minimum Gasteiger partial charge on any atom is -0.481 e. The average molecular weight is 306 g/mol. The van der Waals surface area contributed by atoms with Gasteiger partial charge >= 0.3 is 5.97 Å². The van der Waals surface area contributed by atoms with Gasteiger partial charge in [-0.05, 0) is 31.0 Å². The molecule has 0 spiro atoms. The Hall–Kier alpha value is -1.11. The summed E-state index contributed by atoms with van der Waals surface area (Å²) in [4.78, 5) is 10.3. The first-order valence-corrected chi connectivity index (χ1v) is 7.80. The highest BCUT2D eigenvalue weighted by molar-refractivity contribution is 7.89. The van der Waals surface area contributed by atoms with Crippen molar-refractivity contribution >= 4 is 27.6 Å². The average Bonchev–Trinajstić information content (AvgIpc) is 2.27. The van der Waals surface area contributed by atoms with E-state index in [9.17, 15) is 13.2 Å². The van der Waals surface area contributed by atoms with Gasteiger partial charge in [-0.1, -0.05) is 23.7 Å². The van der Waals surface area contributed by atoms with E-state index in [1.54, 1.807) is 31.2 Å². The van der Waals surface area contributed by atoms with Crippen LogP contribution < -0.4 is 4.72 Å². The van der Waals surface area contributed by atoms with Crippen molar-refractivity contribution in [2.24, 2.45) is 0 Å². The van der Waals surface area contributed by atoms with E-state index in [0.29, 0.717) is 5.02 Å². The standard InChI is InChI=1S/C12H16ClNO4S/c1-9(10-4-2-5-11(13)8-10)14-19(17,18)7-3-6-12(15)16/h2,4-5,8-9,14H,3,6-7H2,1H3,(H,15,16). The van der Waals surface area contributed by atoms with Crippen LogP contribution in [0.15, 0.2) is 24.3 Å². The number of benzene rings is 1. The van der Waals surface area contributed by atoms with Gasteiger partial charge in [-0.2, -0.15) is 0 Å². The Morgan fingerprint density at radius 2 is 2.16 bits per heavy atom. The van der Waals surface area contributed by atoms with Gasteiger partial charge in [-0.15, -0.1) is 0 Å². The van der Waals surface area contributed by atoms with Crippen LogP contribution in [0.5, 0.6) is 0 Å². The molecule has 0 aromatic heterocycles. The number of carbonyl (C=O) groups is 1. The van der Waals surface area contributed by atoms with Crippen LogP contribution in [0.3, 0.4) is 0 Å². The number of hydrogen-bond acceptors (Lipinski definition) is 3. The molecule has 1 atom stereocenters. The summed E-state index contributed by atoms with van der Waals surface area (Å²) < 4.78 is 26.0. The molecule has 106 valence electrons. The van der Waals surface area contributed by atoms with Crippen LogP contribution in [-0.4, -0.2) is 25.2 Å². The van der Waals surface area contributed by atoms with Crippen molar-refractivity contribution in [3.05, 3.63) is 34.9 Å². The van der Waals surface area contributed by atoms with Crippen molar-refractivity contribution in [3.8, 4) is 0 Å². The highest BCUT2D eigenvalue weighted by Crippen LogP contribution is 2.18. The summed E-state index contributed by atoms with van der Waals surface area (Å²) in [5.74, 6) is -1.21. The molecule has 1 rings (SSSR count). The molecule has 0 saturated carbocycles. The quantitative estimate of drug-likeness (QED) is 0.809. The molecule has 19 heavy (non-hydrogen) atoms. The monoisotopic (exact) mass is 305 g/mol. The zero-order valence-electron chi connectivity index (χ0n) is 10.5. The van der Waals surface area contributed by atoms with E-state index in [0.717, 1.165) is 5.56 Å². The molecule has 0 heterocycles. The van der Waals surface area contributed by atoms with E-state index in [1.165, 1.54) is 0 Å². The van der Waals surface area contributed by atoms with E-state index >= 15 is 0 Å². The van der Waals surface area contributed by atoms with E-state index in [2.05, 4.69) is 4.72 Å². The van der Waals surface area contributed by atoms with E-state index in [1.807, 2.05) is 0 Å². The van der Waals surface area contributed by atoms with Crippen LogP contribution in [0.25, 0.3) is 0 Å². The van der Waals surface area contributed by atoms with Crippen LogP contribution in [-0.2, 0) is 14.8 Å². The third kappa shape index (κ3) is 6.04. The van der Waals surface area contributed by atoms with E-state index < -0.39 is 22.0 Å². The van der Waals surface area contributed by atoms with Crippen LogP contribution >= 0.6 is 11.6 Å². The number of hydrogen-bond donors (Lipinski definition) is 2. The Kier molecular flexibility index (Phi) is 5.78. The summed E-state index contributed by atoms with van der Waals surface area (Å²) >= 11 is 5.84. The van der Waals surface area contributed by atoms with Crippen molar-refractivity contribution in [1.82, 2.24) is 4.72 Å². The third-order valence-electron chi connectivity index (χ3n) is 2.51. The van der Waals surface area contributed by atoms with E-state index in [-0.39, 0.29) is 18.6 Å². The topological polar surface area (TPSA) is 83.5 Å². The van der Waals surface area contributed by atoms with Crippen molar-refractivity contribution < 1.29 is 18.3 Å². The van der Waals surface area contributed by atoms with Crippen LogP contribution in [0.1, 0.15) is 31.4 Å². The number of halogens is 1. The van der Waals surface area contributed by atoms with Crippen molar-refractivity contribution in [2.75, 3.05) is 5.75 Å². The first-order chi connectivity index (χ1) is 8.80. The summed E-state index contributed by atoms with van der Waals surface area (Å²) in [5, 5.41) is 9.01. The molecule has 1 unspecified atom stereocenters. The van der Waals surface area contributed by atoms with Gasteiger partial charge in [0, 0.05) is 17.5 Å². The number of nitrogens with one attached hydrogen (secondary N) is 1. The number of aliphatic carboxylic acids is 1. The molecular formula is C12H16ClNO4S. The molecule has 0 radical (unpaired) electrons. The van der Waals surface area contributed by atoms with Crippen molar-refractivity contribution in [2.45, 2.75) is 25.8 Å². The van der Waals surface area contributed by atoms with Gasteiger partial charge in [0.2, 0.25) is 10.0 Å². The molecule has 0 aliphatic rings. The lowest BCUT2D eigenvalue weighted by Crippen LogP contribution is -2.29. The fourth-order valence-corrected chi connectivity index (χ4v) is 3.10. The summed E-state index contributed by atoms with van der Waals surface area (Å²) in [6, 6.07) is 6.50. The largest absolute Gasteiger partial charge is 0.481 e. The first kappa shape index (κ1) is 15.9. The normalized spacial score (nSPS) is 13.2. The van der Waals surface area contributed by atoms with Gasteiger partial charge in [0.25, 0.3) is 0 Å². The van der Waals surface area contributed by atoms with Crippen LogP contribution in [0.4, 0.5) is 0 Å². The van der Waals surface area contributed by atoms with Gasteiger partial charge in [0.1, 0.15) is 0 Å². The number of rotatable bonds is 7. The van der Waals surface area contributed by atoms with Gasteiger partial charge in [0.05, 0.1) is 5.75 Å². The first-order valence-electron chi connectivity index (χ1n) is 5.77. The Balaban J connectivity index is 2.60. The van der Waals surface area contributed by atoms with Crippen LogP contribution in [0, 0.1) is 0 Å². The summed E-state index contributed by atoms with van der Waals surface area (Å²) in [5.41, 5.74) is 0.759. The molecule has 5 nitrogen and oxygen atoms in total. The van der Waals surface area contributed by atoms with Gasteiger partial charge in [-0.3, -0.25) is 4.79 Å². The Bertz CT molecular complexity index is 544. The summed E-state index contributed by atoms with van der Waals surface area (Å²) in [6.45, 7) is 1.71. The maximum Gasteiger partial charge on any atom is 0.303 e. The number of carboxylic acids is 1. The molecule has 0 aliphatic carbocycles. The van der Waals surface area contributed by atoms with E-state index in [4.69, 9.17) is 16.7 Å². The van der Waals surface area contributed by atoms with Gasteiger partial charge in [0.15, 0.2) is 0 Å². The lowest BCUT2D eigenvalue weighted by Gasteiger charge is -2.14. The fraction of sp³-hybridized carbons (Fsp3) is 0.417. The third-order valence-corrected chi connectivity index (χ3v) is 4.28. The Morgan fingerprint density at radius 1 is 1.47 bits per heavy atom.